The third-order valence-electron chi connectivity index (χ3n) is 6.34. The number of aliphatic hydroxyl groups is 2. The van der Waals surface area contributed by atoms with Crippen LogP contribution < -0.4 is 22.6 Å². The number of nitrogens with zero attached hydrogens (tertiary/aromatic N) is 9. The summed E-state index contributed by atoms with van der Waals surface area (Å²) >= 11 is 0. The Morgan fingerprint density at radius 2 is 1.63 bits per heavy atom. The second-order valence-corrected chi connectivity index (χ2v) is 8.91. The molecule has 5 aromatic heterocycles. The third-order valence-corrected chi connectivity index (χ3v) is 6.34. The summed E-state index contributed by atoms with van der Waals surface area (Å²) in [4.78, 5) is 45.1. The minimum Gasteiger partial charge on any atom is -0.388 e. The number of hydrogen-bond donors (Lipinski definition) is 6. The molecule has 198 valence electrons. The number of aryl methyl sites for hydroxylation is 2. The lowest BCUT2D eigenvalue weighted by atomic mass is 10.1. The molecule has 1 aliphatic heterocycles. The van der Waals surface area contributed by atoms with Crippen LogP contribution in [0.5, 0.6) is 0 Å². The van der Waals surface area contributed by atoms with Gasteiger partial charge in [-0.3, -0.25) is 28.8 Å². The third kappa shape index (κ3) is 4.05. The van der Waals surface area contributed by atoms with E-state index < -0.39 is 35.7 Å². The fourth-order valence-corrected chi connectivity index (χ4v) is 4.54. The van der Waals surface area contributed by atoms with Crippen molar-refractivity contribution in [2.75, 3.05) is 11.5 Å². The monoisotopic (exact) mass is 525 g/mol. The van der Waals surface area contributed by atoms with Crippen molar-refractivity contribution in [3.05, 3.63) is 45.3 Å². The highest BCUT2D eigenvalue weighted by Gasteiger charge is 2.44. The lowest BCUT2D eigenvalue weighted by Gasteiger charge is -2.16. The van der Waals surface area contributed by atoms with E-state index in [1.165, 1.54) is 17.2 Å². The smallest absolute Gasteiger partial charge is 0.280 e. The maximum absolute atomic E-state index is 12.1. The van der Waals surface area contributed by atoms with E-state index in [9.17, 15) is 19.8 Å². The number of imidazole rings is 2. The highest BCUT2D eigenvalue weighted by atomic mass is 16.6. The second-order valence-electron chi connectivity index (χ2n) is 8.91. The second kappa shape index (κ2) is 9.01. The predicted octanol–water partition coefficient (Wildman–Crippen LogP) is -2.74. The molecule has 5 aromatic rings. The molecule has 0 unspecified atom stereocenters. The predicted molar refractivity (Wildman–Crippen MR) is 129 cm³/mol. The van der Waals surface area contributed by atoms with Crippen molar-refractivity contribution in [1.82, 2.24) is 54.0 Å². The van der Waals surface area contributed by atoms with Crippen LogP contribution in [0.4, 0.5) is 11.9 Å². The highest BCUT2D eigenvalue weighted by Crippen LogP contribution is 2.32. The minimum atomic E-state index is -1.31. The number of anilines is 2. The summed E-state index contributed by atoms with van der Waals surface area (Å²) in [7, 11) is 0. The van der Waals surface area contributed by atoms with Crippen molar-refractivity contribution >= 4 is 34.2 Å². The van der Waals surface area contributed by atoms with Crippen molar-refractivity contribution in [2.45, 2.75) is 50.5 Å². The molecule has 0 radical (unpaired) electrons. The van der Waals surface area contributed by atoms with Gasteiger partial charge in [0.25, 0.3) is 11.1 Å². The van der Waals surface area contributed by atoms with Crippen LogP contribution in [-0.2, 0) is 24.2 Å². The number of aromatic amines is 2. The van der Waals surface area contributed by atoms with Crippen molar-refractivity contribution in [1.29, 1.82) is 0 Å². The largest absolute Gasteiger partial charge is 0.388 e. The molecule has 6 rings (SSSR count). The molecule has 0 saturated carbocycles. The van der Waals surface area contributed by atoms with Gasteiger partial charge in [-0.25, -0.2) is 9.97 Å². The summed E-state index contributed by atoms with van der Waals surface area (Å²) in [6, 6.07) is 0. The zero-order valence-electron chi connectivity index (χ0n) is 19.7. The first-order chi connectivity index (χ1) is 18.3. The normalized spacial score (nSPS) is 21.6. The van der Waals surface area contributed by atoms with Crippen molar-refractivity contribution in [2.24, 2.45) is 0 Å². The molecule has 1 fully saturated rings. The van der Waals surface area contributed by atoms with Gasteiger partial charge in [0.05, 0.1) is 24.5 Å². The van der Waals surface area contributed by atoms with Gasteiger partial charge in [-0.15, -0.1) is 5.10 Å². The first-order valence-corrected chi connectivity index (χ1v) is 11.6. The van der Waals surface area contributed by atoms with E-state index >= 15 is 0 Å². The summed E-state index contributed by atoms with van der Waals surface area (Å²) in [5.74, 6) is -0.0927. The molecule has 0 aromatic carbocycles. The minimum absolute atomic E-state index is 0.0177. The fraction of sp³-hybridized carbons (Fsp3) is 0.400. The number of rotatable bonds is 7. The van der Waals surface area contributed by atoms with E-state index in [-0.39, 0.29) is 35.0 Å². The molecule has 0 amide bonds. The maximum atomic E-state index is 12.1. The fourth-order valence-electron chi connectivity index (χ4n) is 4.54. The molecule has 8 N–H and O–H groups in total. The first kappa shape index (κ1) is 23.7. The maximum Gasteiger partial charge on any atom is 0.280 e. The summed E-state index contributed by atoms with van der Waals surface area (Å²) in [6.07, 6.45) is 0.974. The van der Waals surface area contributed by atoms with E-state index in [1.54, 1.807) is 15.4 Å². The molecule has 38 heavy (non-hydrogen) atoms. The van der Waals surface area contributed by atoms with Gasteiger partial charge in [-0.05, 0) is 6.42 Å². The highest BCUT2D eigenvalue weighted by molar-refractivity contribution is 5.71. The van der Waals surface area contributed by atoms with Crippen LogP contribution in [-0.4, -0.2) is 82.6 Å². The number of nitrogen functional groups attached to an aromatic ring is 2. The average molecular weight is 525 g/mol. The molecule has 0 bridgehead atoms. The zero-order chi connectivity index (χ0) is 26.6. The zero-order valence-corrected chi connectivity index (χ0v) is 19.7. The summed E-state index contributed by atoms with van der Waals surface area (Å²) < 4.78 is 10.7. The van der Waals surface area contributed by atoms with Gasteiger partial charge < -0.3 is 31.0 Å². The lowest BCUT2D eigenvalue weighted by Crippen LogP contribution is -2.32. The Hall–Kier alpha value is -4.68. The number of aliphatic hydroxyl groups excluding tert-OH is 2. The van der Waals surface area contributed by atoms with E-state index in [0.29, 0.717) is 30.9 Å². The Morgan fingerprint density at radius 1 is 0.947 bits per heavy atom. The Balaban J connectivity index is 1.11. The quantitative estimate of drug-likeness (QED) is 0.126. The van der Waals surface area contributed by atoms with Crippen LogP contribution in [0.2, 0.25) is 0 Å². The number of H-pyrrole nitrogens is 2. The number of hydrogen-bond acceptors (Lipinski definition) is 13. The van der Waals surface area contributed by atoms with Crippen LogP contribution in [0, 0.1) is 0 Å². The Morgan fingerprint density at radius 3 is 2.39 bits per heavy atom. The Labute approximate surface area is 210 Å². The van der Waals surface area contributed by atoms with Crippen LogP contribution >= 0.6 is 0 Å². The number of ether oxygens (including phenoxy) is 1. The summed E-state index contributed by atoms with van der Waals surface area (Å²) in [5, 5.41) is 29.5. The van der Waals surface area contributed by atoms with Gasteiger partial charge >= 0.3 is 0 Å². The van der Waals surface area contributed by atoms with E-state index in [4.69, 9.17) is 16.2 Å². The van der Waals surface area contributed by atoms with E-state index in [1.807, 2.05) is 0 Å². The summed E-state index contributed by atoms with van der Waals surface area (Å²) in [6.45, 7) is 1.02. The SMILES string of the molecule is Nc1nc2c(ncn2CCCn2cc(C[C@H]3O[C@@H](n4cnc5c(=O)[nH]c(N)nc54)[C@H](O)[C@@H]3O)nn2)c(=O)[nH]1. The van der Waals surface area contributed by atoms with Gasteiger partial charge in [0.1, 0.15) is 12.2 Å². The molecule has 0 aliphatic carbocycles. The number of nitrogens with one attached hydrogen (secondary N) is 2. The van der Waals surface area contributed by atoms with Gasteiger partial charge in [0.2, 0.25) is 11.9 Å². The van der Waals surface area contributed by atoms with Crippen LogP contribution in [0.3, 0.4) is 0 Å². The Kier molecular flexibility index (Phi) is 5.62. The molecule has 4 atom stereocenters. The van der Waals surface area contributed by atoms with Gasteiger partial charge in [0, 0.05) is 25.7 Å². The van der Waals surface area contributed by atoms with Gasteiger partial charge in [-0.1, -0.05) is 5.21 Å². The van der Waals surface area contributed by atoms with E-state index in [0.717, 1.165) is 0 Å². The van der Waals surface area contributed by atoms with Crippen LogP contribution in [0.25, 0.3) is 22.3 Å². The molecule has 0 spiro atoms. The molecule has 6 heterocycles. The van der Waals surface area contributed by atoms with Crippen molar-refractivity contribution in [3.8, 4) is 0 Å². The van der Waals surface area contributed by atoms with E-state index in [2.05, 4.69) is 40.2 Å². The van der Waals surface area contributed by atoms with Crippen molar-refractivity contribution < 1.29 is 14.9 Å². The lowest BCUT2D eigenvalue weighted by molar-refractivity contribution is -0.0347. The Bertz CT molecular complexity index is 1750. The topological polar surface area (TPSA) is 260 Å². The van der Waals surface area contributed by atoms with Crippen LogP contribution in [0.15, 0.2) is 28.4 Å². The molecular formula is C20H23N13O5. The molecule has 1 aliphatic rings. The molecule has 1 saturated heterocycles. The van der Waals surface area contributed by atoms with Gasteiger partial charge in [-0.2, -0.15) is 9.97 Å². The number of nitrogens with two attached hydrogens (primary N) is 2. The van der Waals surface area contributed by atoms with Crippen LogP contribution in [0.1, 0.15) is 18.3 Å². The van der Waals surface area contributed by atoms with Gasteiger partial charge in [0.15, 0.2) is 28.6 Å². The van der Waals surface area contributed by atoms with Crippen molar-refractivity contribution in [3.63, 3.8) is 0 Å². The first-order valence-electron chi connectivity index (χ1n) is 11.6. The average Bonchev–Trinajstić information content (AvgIpc) is 3.64. The molecule has 18 heteroatoms. The number of fused-ring (bicyclic) bond motifs is 2. The summed E-state index contributed by atoms with van der Waals surface area (Å²) in [5.41, 5.74) is 11.7. The molecular weight excluding hydrogens is 502 g/mol. The molecule has 18 nitrogen and oxygen atoms in total. The standard InChI is InChI=1S/C20H23N13O5/c21-19-25-14-10(16(36)27-19)23-6-31(14)2-1-3-32-5-8(29-30-32)4-9-12(34)13(35)18(38-9)33-7-24-11-15(33)26-20(22)28-17(11)37/h5-7,9,12-13,18,34-35H,1-4H2,(H3,21,25,27,36)(H3,22,26,28,37)/t9-,12-,13-,18-/m1/s1. The number of aromatic nitrogens is 11.